The van der Waals surface area contributed by atoms with E-state index in [1.165, 1.54) is 0 Å². The molecule has 0 atom stereocenters. The number of benzene rings is 1. The molecule has 17 heavy (non-hydrogen) atoms. The Kier molecular flexibility index (Phi) is 3.67. The van der Waals surface area contributed by atoms with Crippen LogP contribution >= 0.6 is 0 Å². The lowest BCUT2D eigenvalue weighted by atomic mass is 9.98. The van der Waals surface area contributed by atoms with Gasteiger partial charge in [0.2, 0.25) is 0 Å². The van der Waals surface area contributed by atoms with E-state index in [-0.39, 0.29) is 5.91 Å². The number of hydrogen-bond acceptors (Lipinski definition) is 2. The summed E-state index contributed by atoms with van der Waals surface area (Å²) in [7, 11) is 1.84. The Balaban J connectivity index is 2.21. The van der Waals surface area contributed by atoms with Crippen molar-refractivity contribution in [2.75, 3.05) is 20.2 Å². The second kappa shape index (κ2) is 5.21. The molecule has 0 spiro atoms. The van der Waals surface area contributed by atoms with Crippen molar-refractivity contribution in [3.8, 4) is 5.75 Å². The highest BCUT2D eigenvalue weighted by Gasteiger charge is 2.23. The van der Waals surface area contributed by atoms with Gasteiger partial charge in [0.05, 0.1) is 6.61 Å². The monoisotopic (exact) mass is 233 g/mol. The summed E-state index contributed by atoms with van der Waals surface area (Å²) in [6.07, 6.45) is 3.06. The van der Waals surface area contributed by atoms with Crippen LogP contribution in [0.2, 0.25) is 0 Å². The highest BCUT2D eigenvalue weighted by atomic mass is 16.5. The third kappa shape index (κ3) is 2.43. The Bertz CT molecular complexity index is 415. The van der Waals surface area contributed by atoms with E-state index in [4.69, 9.17) is 4.74 Å². The lowest BCUT2D eigenvalue weighted by molar-refractivity contribution is 0.0779. The highest BCUT2D eigenvalue weighted by Crippen LogP contribution is 2.27. The Labute approximate surface area is 102 Å². The molecular weight excluding hydrogens is 214 g/mol. The normalized spacial score (nSPS) is 14.7. The first-order valence-corrected chi connectivity index (χ1v) is 6.24. The molecule has 0 radical (unpaired) electrons. The number of unbranched alkanes of at least 4 members (excludes halogenated alkanes) is 1. The number of rotatable bonds is 4. The smallest absolute Gasteiger partial charge is 0.254 e. The maximum atomic E-state index is 12.0. The average Bonchev–Trinajstić information content (AvgIpc) is 2.35. The van der Waals surface area contributed by atoms with Crippen molar-refractivity contribution < 1.29 is 9.53 Å². The molecular formula is C14H19NO2. The van der Waals surface area contributed by atoms with Crippen molar-refractivity contribution in [1.82, 2.24) is 4.90 Å². The molecule has 92 valence electrons. The van der Waals surface area contributed by atoms with Crippen LogP contribution in [-0.2, 0) is 6.42 Å². The van der Waals surface area contributed by atoms with Gasteiger partial charge < -0.3 is 9.64 Å². The second-order valence-corrected chi connectivity index (χ2v) is 4.46. The maximum Gasteiger partial charge on any atom is 0.254 e. The molecule has 1 aliphatic rings. The van der Waals surface area contributed by atoms with Crippen LogP contribution in [-0.4, -0.2) is 31.0 Å². The molecule has 1 aliphatic heterocycles. The largest absolute Gasteiger partial charge is 0.493 e. The number of hydrogen-bond donors (Lipinski definition) is 0. The summed E-state index contributed by atoms with van der Waals surface area (Å²) in [5.41, 5.74) is 1.87. The van der Waals surface area contributed by atoms with Gasteiger partial charge in [-0.2, -0.15) is 0 Å². The van der Waals surface area contributed by atoms with Crippen LogP contribution in [0.5, 0.6) is 5.75 Å². The van der Waals surface area contributed by atoms with E-state index in [1.807, 2.05) is 25.2 Å². The van der Waals surface area contributed by atoms with Gasteiger partial charge in [-0.3, -0.25) is 4.79 Å². The summed E-state index contributed by atoms with van der Waals surface area (Å²) in [5.74, 6) is 0.990. The fourth-order valence-electron chi connectivity index (χ4n) is 2.07. The molecule has 3 nitrogen and oxygen atoms in total. The van der Waals surface area contributed by atoms with Crippen molar-refractivity contribution in [3.05, 3.63) is 29.3 Å². The molecule has 1 amide bonds. The van der Waals surface area contributed by atoms with E-state index >= 15 is 0 Å². The number of carbonyl (C=O) groups is 1. The van der Waals surface area contributed by atoms with Crippen molar-refractivity contribution in [1.29, 1.82) is 0 Å². The number of amides is 1. The van der Waals surface area contributed by atoms with Crippen LogP contribution in [0.3, 0.4) is 0 Å². The second-order valence-electron chi connectivity index (χ2n) is 4.46. The van der Waals surface area contributed by atoms with Gasteiger partial charge in [0, 0.05) is 24.7 Å². The minimum atomic E-state index is 0.104. The van der Waals surface area contributed by atoms with Crippen LogP contribution in [0.4, 0.5) is 0 Å². The van der Waals surface area contributed by atoms with E-state index in [1.54, 1.807) is 4.90 Å². The molecule has 1 heterocycles. The zero-order chi connectivity index (χ0) is 12.3. The molecule has 0 aliphatic carbocycles. The van der Waals surface area contributed by atoms with Crippen molar-refractivity contribution in [2.24, 2.45) is 0 Å². The van der Waals surface area contributed by atoms with E-state index in [9.17, 15) is 4.79 Å². The number of fused-ring (bicyclic) bond motifs is 1. The maximum absolute atomic E-state index is 12.0. The lowest BCUT2D eigenvalue weighted by Gasteiger charge is -2.26. The predicted octanol–water partition coefficient (Wildman–Crippen LogP) is 2.49. The summed E-state index contributed by atoms with van der Waals surface area (Å²) in [5, 5.41) is 0. The molecule has 0 unspecified atom stereocenters. The molecule has 1 aromatic carbocycles. The number of nitrogens with zero attached hydrogens (tertiary/aromatic N) is 1. The van der Waals surface area contributed by atoms with E-state index in [0.29, 0.717) is 0 Å². The number of carbonyl (C=O) groups excluding carboxylic acids is 1. The third-order valence-corrected chi connectivity index (χ3v) is 3.16. The van der Waals surface area contributed by atoms with Crippen LogP contribution in [0.15, 0.2) is 18.2 Å². The third-order valence-electron chi connectivity index (χ3n) is 3.16. The zero-order valence-corrected chi connectivity index (χ0v) is 10.5. The molecule has 0 N–H and O–H groups in total. The summed E-state index contributed by atoms with van der Waals surface area (Å²) in [4.78, 5) is 13.7. The van der Waals surface area contributed by atoms with Gasteiger partial charge in [-0.1, -0.05) is 19.4 Å². The molecule has 3 heteroatoms. The van der Waals surface area contributed by atoms with Gasteiger partial charge in [-0.05, 0) is 25.0 Å². The summed E-state index contributed by atoms with van der Waals surface area (Å²) < 4.78 is 5.76. The van der Waals surface area contributed by atoms with Gasteiger partial charge in [0.25, 0.3) is 5.91 Å². The first-order chi connectivity index (χ1) is 8.24. The molecule has 1 aromatic rings. The standard InChI is InChI=1S/C14H19NO2/c1-3-4-10-17-13-7-5-6-12-11(13)8-9-15(2)14(12)16/h5-7H,3-4,8-10H2,1-2H3. The molecule has 0 saturated heterocycles. The van der Waals surface area contributed by atoms with E-state index in [2.05, 4.69) is 6.92 Å². The number of ether oxygens (including phenoxy) is 1. The highest BCUT2D eigenvalue weighted by molar-refractivity contribution is 5.97. The van der Waals surface area contributed by atoms with Gasteiger partial charge >= 0.3 is 0 Å². The minimum Gasteiger partial charge on any atom is -0.493 e. The first-order valence-electron chi connectivity index (χ1n) is 6.24. The van der Waals surface area contributed by atoms with E-state index < -0.39 is 0 Å². The molecule has 2 rings (SSSR count). The fraction of sp³-hybridized carbons (Fsp3) is 0.500. The quantitative estimate of drug-likeness (QED) is 0.748. The topological polar surface area (TPSA) is 29.5 Å². The van der Waals surface area contributed by atoms with Gasteiger partial charge in [0.1, 0.15) is 5.75 Å². The minimum absolute atomic E-state index is 0.104. The zero-order valence-electron chi connectivity index (χ0n) is 10.5. The predicted molar refractivity (Wildman–Crippen MR) is 67.5 cm³/mol. The van der Waals surface area contributed by atoms with Crippen molar-refractivity contribution in [3.63, 3.8) is 0 Å². The average molecular weight is 233 g/mol. The molecule has 0 saturated carbocycles. The Hall–Kier alpha value is -1.51. The van der Waals surface area contributed by atoms with Gasteiger partial charge in [-0.25, -0.2) is 0 Å². The summed E-state index contributed by atoms with van der Waals surface area (Å²) in [6, 6.07) is 5.75. The van der Waals surface area contributed by atoms with Crippen LogP contribution in [0.25, 0.3) is 0 Å². The van der Waals surface area contributed by atoms with Gasteiger partial charge in [0.15, 0.2) is 0 Å². The first kappa shape index (κ1) is 12.0. The molecule has 0 bridgehead atoms. The van der Waals surface area contributed by atoms with E-state index in [0.717, 1.165) is 49.3 Å². The van der Waals surface area contributed by atoms with Crippen LogP contribution < -0.4 is 4.74 Å². The molecule has 0 fully saturated rings. The van der Waals surface area contributed by atoms with Crippen molar-refractivity contribution in [2.45, 2.75) is 26.2 Å². The lowest BCUT2D eigenvalue weighted by Crippen LogP contribution is -2.34. The SMILES string of the molecule is CCCCOc1cccc2c1CCN(C)C2=O. The van der Waals surface area contributed by atoms with Crippen LogP contribution in [0, 0.1) is 0 Å². The summed E-state index contributed by atoms with van der Waals surface area (Å²) in [6.45, 7) is 3.65. The summed E-state index contributed by atoms with van der Waals surface area (Å²) >= 11 is 0. The van der Waals surface area contributed by atoms with Gasteiger partial charge in [-0.15, -0.1) is 0 Å². The fourth-order valence-corrected chi connectivity index (χ4v) is 2.07. The Morgan fingerprint density at radius 2 is 2.24 bits per heavy atom. The van der Waals surface area contributed by atoms with Crippen LogP contribution in [0.1, 0.15) is 35.7 Å². The Morgan fingerprint density at radius 3 is 3.00 bits per heavy atom. The van der Waals surface area contributed by atoms with Crippen molar-refractivity contribution >= 4 is 5.91 Å². The Morgan fingerprint density at radius 1 is 1.41 bits per heavy atom. The molecule has 0 aromatic heterocycles. The number of likely N-dealkylation sites (N-methyl/N-ethyl adjacent to an activating group) is 1.